The highest BCUT2D eigenvalue weighted by molar-refractivity contribution is 9.10. The summed E-state index contributed by atoms with van der Waals surface area (Å²) in [7, 11) is -1.82. The van der Waals surface area contributed by atoms with Gasteiger partial charge in [0.1, 0.15) is 0 Å². The summed E-state index contributed by atoms with van der Waals surface area (Å²) in [4.78, 5) is 0. The van der Waals surface area contributed by atoms with Gasteiger partial charge in [0.05, 0.1) is 12.3 Å². The van der Waals surface area contributed by atoms with Crippen LogP contribution in [0.25, 0.3) is 0 Å². The normalized spacial score (nSPS) is 12.3. The molecular weight excluding hydrogens is 414 g/mol. The Kier molecular flexibility index (Phi) is 7.72. The molecule has 2 aromatic carbocycles. The van der Waals surface area contributed by atoms with Crippen molar-refractivity contribution in [3.63, 3.8) is 0 Å². The average Bonchev–Trinajstić information content (AvgIpc) is 2.59. The molecule has 2 nitrogen and oxygen atoms in total. The second-order valence-electron chi connectivity index (χ2n) is 8.41. The van der Waals surface area contributed by atoms with Crippen molar-refractivity contribution in [2.75, 3.05) is 5.32 Å². The SMILES string of the molecule is Cc1ccc(Br)c(Nc2ccc(CO[Si](C(C)C)(C(C)C)C(C)C)cc2)c1. The van der Waals surface area contributed by atoms with Gasteiger partial charge in [0.15, 0.2) is 0 Å². The molecular formula is C23H34BrNOSi. The molecule has 0 saturated carbocycles. The molecule has 0 heterocycles. The molecule has 1 N–H and O–H groups in total. The fraction of sp³-hybridized carbons (Fsp3) is 0.478. The number of rotatable bonds is 8. The van der Waals surface area contributed by atoms with Gasteiger partial charge in [-0.3, -0.25) is 0 Å². The molecule has 148 valence electrons. The highest BCUT2D eigenvalue weighted by atomic mass is 79.9. The van der Waals surface area contributed by atoms with Crippen LogP contribution in [0.1, 0.15) is 52.7 Å². The van der Waals surface area contributed by atoms with E-state index < -0.39 is 8.32 Å². The highest BCUT2D eigenvalue weighted by Gasteiger charge is 2.44. The molecule has 0 radical (unpaired) electrons. The Morgan fingerprint density at radius 3 is 1.96 bits per heavy atom. The number of halogens is 1. The molecule has 27 heavy (non-hydrogen) atoms. The number of aryl methyl sites for hydroxylation is 1. The van der Waals surface area contributed by atoms with Crippen LogP contribution in [0.15, 0.2) is 46.9 Å². The van der Waals surface area contributed by atoms with E-state index in [1.807, 2.05) is 0 Å². The topological polar surface area (TPSA) is 21.3 Å². The van der Waals surface area contributed by atoms with Gasteiger partial charge in [-0.05, 0) is 74.9 Å². The van der Waals surface area contributed by atoms with Gasteiger partial charge >= 0.3 is 0 Å². The van der Waals surface area contributed by atoms with Crippen molar-refractivity contribution in [2.45, 2.75) is 71.7 Å². The minimum Gasteiger partial charge on any atom is -0.412 e. The van der Waals surface area contributed by atoms with Crippen LogP contribution in [0.3, 0.4) is 0 Å². The van der Waals surface area contributed by atoms with Crippen LogP contribution in [0.2, 0.25) is 16.6 Å². The first-order valence-corrected chi connectivity index (χ1v) is 12.9. The molecule has 0 saturated heterocycles. The molecule has 4 heteroatoms. The number of hydrogen-bond donors (Lipinski definition) is 1. The zero-order valence-corrected chi connectivity index (χ0v) is 20.4. The molecule has 0 aliphatic carbocycles. The lowest BCUT2D eigenvalue weighted by molar-refractivity contribution is 0.266. The van der Waals surface area contributed by atoms with Crippen molar-refractivity contribution < 1.29 is 4.43 Å². The van der Waals surface area contributed by atoms with Crippen molar-refractivity contribution in [2.24, 2.45) is 0 Å². The largest absolute Gasteiger partial charge is 0.412 e. The van der Waals surface area contributed by atoms with Crippen molar-refractivity contribution in [3.05, 3.63) is 58.1 Å². The van der Waals surface area contributed by atoms with E-state index in [4.69, 9.17) is 4.43 Å². The number of anilines is 2. The van der Waals surface area contributed by atoms with Gasteiger partial charge in [0, 0.05) is 10.2 Å². The van der Waals surface area contributed by atoms with E-state index in [-0.39, 0.29) is 0 Å². The third kappa shape index (κ3) is 5.24. The molecule has 0 atom stereocenters. The fourth-order valence-corrected chi connectivity index (χ4v) is 10.0. The summed E-state index contributed by atoms with van der Waals surface area (Å²) in [6.45, 7) is 16.8. The van der Waals surface area contributed by atoms with E-state index in [0.717, 1.165) is 15.8 Å². The van der Waals surface area contributed by atoms with E-state index in [1.54, 1.807) is 0 Å². The fourth-order valence-electron chi connectivity index (χ4n) is 4.28. The summed E-state index contributed by atoms with van der Waals surface area (Å²) in [5.74, 6) is 0. The zero-order valence-electron chi connectivity index (χ0n) is 17.8. The molecule has 2 rings (SSSR count). The van der Waals surface area contributed by atoms with Gasteiger partial charge in [0.2, 0.25) is 8.32 Å². The standard InChI is InChI=1S/C23H34BrNOSi/c1-16(2)27(17(3)4,18(5)6)26-15-20-9-11-21(12-10-20)25-23-14-19(7)8-13-22(23)24/h8-14,16-18,25H,15H2,1-7H3. The first kappa shape index (κ1) is 22.2. The Morgan fingerprint density at radius 1 is 0.889 bits per heavy atom. The van der Waals surface area contributed by atoms with Crippen molar-refractivity contribution in [3.8, 4) is 0 Å². The van der Waals surface area contributed by atoms with Crippen molar-refractivity contribution >= 4 is 35.6 Å². The zero-order chi connectivity index (χ0) is 20.2. The van der Waals surface area contributed by atoms with Crippen LogP contribution in [-0.2, 0) is 11.0 Å². The summed E-state index contributed by atoms with van der Waals surface area (Å²) in [6, 6.07) is 14.9. The molecule has 0 spiro atoms. The minimum absolute atomic E-state index is 0.608. The monoisotopic (exact) mass is 447 g/mol. The summed E-state index contributed by atoms with van der Waals surface area (Å²) < 4.78 is 7.78. The first-order valence-electron chi connectivity index (χ1n) is 9.92. The predicted octanol–water partition coefficient (Wildman–Crippen LogP) is 8.19. The van der Waals surface area contributed by atoms with E-state index in [2.05, 4.69) is 112 Å². The Morgan fingerprint density at radius 2 is 1.44 bits per heavy atom. The number of benzene rings is 2. The van der Waals surface area contributed by atoms with Gasteiger partial charge < -0.3 is 9.74 Å². The third-order valence-corrected chi connectivity index (χ3v) is 12.3. The maximum Gasteiger partial charge on any atom is 0.200 e. The second kappa shape index (κ2) is 9.40. The second-order valence-corrected chi connectivity index (χ2v) is 14.7. The Bertz CT molecular complexity index is 719. The predicted molar refractivity (Wildman–Crippen MR) is 124 cm³/mol. The van der Waals surface area contributed by atoms with Gasteiger partial charge in [-0.15, -0.1) is 0 Å². The summed E-state index contributed by atoms with van der Waals surface area (Å²) >= 11 is 3.61. The van der Waals surface area contributed by atoms with Crippen LogP contribution in [0, 0.1) is 6.92 Å². The van der Waals surface area contributed by atoms with E-state index in [0.29, 0.717) is 23.2 Å². The molecule has 0 amide bonds. The van der Waals surface area contributed by atoms with Crippen molar-refractivity contribution in [1.82, 2.24) is 0 Å². The lowest BCUT2D eigenvalue weighted by Crippen LogP contribution is -2.47. The summed E-state index contributed by atoms with van der Waals surface area (Å²) in [5.41, 5.74) is 6.48. The lowest BCUT2D eigenvalue weighted by atomic mass is 10.2. The maximum absolute atomic E-state index is 6.70. The van der Waals surface area contributed by atoms with Crippen molar-refractivity contribution in [1.29, 1.82) is 0 Å². The van der Waals surface area contributed by atoms with E-state index in [9.17, 15) is 0 Å². The van der Waals surface area contributed by atoms with Gasteiger partial charge in [0.25, 0.3) is 0 Å². The number of nitrogens with one attached hydrogen (secondary N) is 1. The molecule has 0 bridgehead atoms. The molecule has 0 aromatic heterocycles. The molecule has 0 fully saturated rings. The molecule has 0 aliphatic heterocycles. The lowest BCUT2D eigenvalue weighted by Gasteiger charge is -2.42. The Hall–Kier alpha value is -1.10. The van der Waals surface area contributed by atoms with Gasteiger partial charge in [-0.1, -0.05) is 59.7 Å². The highest BCUT2D eigenvalue weighted by Crippen LogP contribution is 2.42. The van der Waals surface area contributed by atoms with Crippen LogP contribution in [0.4, 0.5) is 11.4 Å². The quantitative estimate of drug-likeness (QED) is 0.411. The minimum atomic E-state index is -1.82. The van der Waals surface area contributed by atoms with Crippen LogP contribution >= 0.6 is 15.9 Å². The molecule has 2 aromatic rings. The smallest absolute Gasteiger partial charge is 0.200 e. The average molecular weight is 449 g/mol. The molecule has 0 unspecified atom stereocenters. The summed E-state index contributed by atoms with van der Waals surface area (Å²) in [5, 5.41) is 3.49. The van der Waals surface area contributed by atoms with Gasteiger partial charge in [-0.25, -0.2) is 0 Å². The Balaban J connectivity index is 2.10. The summed E-state index contributed by atoms with van der Waals surface area (Å²) in [6.07, 6.45) is 0. The molecule has 0 aliphatic rings. The van der Waals surface area contributed by atoms with E-state index >= 15 is 0 Å². The van der Waals surface area contributed by atoms with Crippen LogP contribution < -0.4 is 5.32 Å². The van der Waals surface area contributed by atoms with Gasteiger partial charge in [-0.2, -0.15) is 0 Å². The van der Waals surface area contributed by atoms with E-state index in [1.165, 1.54) is 11.1 Å². The Labute approximate surface area is 175 Å². The maximum atomic E-state index is 6.70. The third-order valence-electron chi connectivity index (χ3n) is 5.55. The van der Waals surface area contributed by atoms with Crippen LogP contribution in [-0.4, -0.2) is 8.32 Å². The number of hydrogen-bond acceptors (Lipinski definition) is 2. The first-order chi connectivity index (χ1) is 12.7. The van der Waals surface area contributed by atoms with Crippen LogP contribution in [0.5, 0.6) is 0 Å².